The lowest BCUT2D eigenvalue weighted by molar-refractivity contribution is 0.445. The molecule has 2 aromatic rings. The molecule has 2 unspecified atom stereocenters. The van der Waals surface area contributed by atoms with Crippen LogP contribution in [-0.2, 0) is 0 Å². The summed E-state index contributed by atoms with van der Waals surface area (Å²) in [6.07, 6.45) is 0.982. The third kappa shape index (κ3) is 2.37. The number of benzene rings is 2. The second-order valence-electron chi connectivity index (χ2n) is 5.77. The molecular weight excluding hydrogens is 244 g/mol. The summed E-state index contributed by atoms with van der Waals surface area (Å²) in [6.45, 7) is 4.40. The summed E-state index contributed by atoms with van der Waals surface area (Å²) >= 11 is 0. The third-order valence-electron chi connectivity index (χ3n) is 4.37. The second kappa shape index (κ2) is 5.39. The average molecular weight is 266 g/mol. The Balaban J connectivity index is 1.81. The molecule has 2 nitrogen and oxygen atoms in total. The molecule has 0 aromatic heterocycles. The van der Waals surface area contributed by atoms with E-state index in [2.05, 4.69) is 67.7 Å². The van der Waals surface area contributed by atoms with Crippen molar-refractivity contribution in [3.8, 4) is 0 Å². The monoisotopic (exact) mass is 266 g/mol. The Morgan fingerprint density at radius 2 is 1.70 bits per heavy atom. The molecule has 0 amide bonds. The fourth-order valence-electron chi connectivity index (χ4n) is 3.30. The Kier molecular flexibility index (Phi) is 3.60. The van der Waals surface area contributed by atoms with Crippen LogP contribution < -0.4 is 11.1 Å². The highest BCUT2D eigenvalue weighted by molar-refractivity contribution is 5.38. The lowest BCUT2D eigenvalue weighted by atomic mass is 10.0. The van der Waals surface area contributed by atoms with E-state index < -0.39 is 0 Å². The standard InChI is InChI=1S/C18H22N2/c1-12-7-3-4-8-14(12)13(2)20-18-11-17(19)15-9-5-6-10-16(15)18/h3-10,13,17-18,20H,11,19H2,1-2H3/t13-,17?,18?/m0/s1. The maximum absolute atomic E-state index is 6.24. The van der Waals surface area contributed by atoms with Gasteiger partial charge >= 0.3 is 0 Å². The Labute approximate surface area is 121 Å². The Morgan fingerprint density at radius 3 is 2.45 bits per heavy atom. The first-order valence-electron chi connectivity index (χ1n) is 7.33. The number of nitrogens with one attached hydrogen (secondary N) is 1. The summed E-state index contributed by atoms with van der Waals surface area (Å²) in [5.41, 5.74) is 11.6. The molecule has 0 heterocycles. The van der Waals surface area contributed by atoms with Gasteiger partial charge in [0.15, 0.2) is 0 Å². The zero-order valence-electron chi connectivity index (χ0n) is 12.1. The van der Waals surface area contributed by atoms with Crippen LogP contribution in [0.25, 0.3) is 0 Å². The van der Waals surface area contributed by atoms with Crippen LogP contribution in [0.3, 0.4) is 0 Å². The molecule has 2 aromatic carbocycles. The van der Waals surface area contributed by atoms with E-state index in [1.54, 1.807) is 0 Å². The van der Waals surface area contributed by atoms with Crippen LogP contribution in [0.2, 0.25) is 0 Å². The highest BCUT2D eigenvalue weighted by atomic mass is 15.0. The molecule has 104 valence electrons. The van der Waals surface area contributed by atoms with Crippen LogP contribution in [-0.4, -0.2) is 0 Å². The number of aryl methyl sites for hydroxylation is 1. The zero-order chi connectivity index (χ0) is 14.1. The minimum Gasteiger partial charge on any atom is -0.324 e. The maximum Gasteiger partial charge on any atom is 0.0347 e. The van der Waals surface area contributed by atoms with Crippen LogP contribution >= 0.6 is 0 Å². The molecule has 0 saturated carbocycles. The molecule has 2 heteroatoms. The van der Waals surface area contributed by atoms with Gasteiger partial charge in [0.05, 0.1) is 0 Å². The number of rotatable bonds is 3. The predicted octanol–water partition coefficient (Wildman–Crippen LogP) is 3.79. The molecule has 3 rings (SSSR count). The Hall–Kier alpha value is -1.64. The van der Waals surface area contributed by atoms with Crippen molar-refractivity contribution >= 4 is 0 Å². The third-order valence-corrected chi connectivity index (χ3v) is 4.37. The van der Waals surface area contributed by atoms with Crippen molar-refractivity contribution in [2.75, 3.05) is 0 Å². The van der Waals surface area contributed by atoms with Crippen LogP contribution in [0.1, 0.15) is 53.7 Å². The van der Waals surface area contributed by atoms with Crippen LogP contribution in [0.4, 0.5) is 0 Å². The minimum absolute atomic E-state index is 0.160. The average Bonchev–Trinajstić information content (AvgIpc) is 2.76. The largest absolute Gasteiger partial charge is 0.324 e. The first kappa shape index (κ1) is 13.3. The molecule has 0 fully saturated rings. The number of hydrogen-bond donors (Lipinski definition) is 2. The number of hydrogen-bond acceptors (Lipinski definition) is 2. The van der Waals surface area contributed by atoms with Gasteiger partial charge in [-0.25, -0.2) is 0 Å². The summed E-state index contributed by atoms with van der Waals surface area (Å²) in [5, 5.41) is 3.74. The lowest BCUT2D eigenvalue weighted by Gasteiger charge is -2.22. The summed E-state index contributed by atoms with van der Waals surface area (Å²) < 4.78 is 0. The summed E-state index contributed by atoms with van der Waals surface area (Å²) in [7, 11) is 0. The van der Waals surface area contributed by atoms with Crippen molar-refractivity contribution in [1.29, 1.82) is 0 Å². The SMILES string of the molecule is Cc1ccccc1[C@H](C)NC1CC(N)c2ccccc21. The van der Waals surface area contributed by atoms with Crippen molar-refractivity contribution in [3.63, 3.8) is 0 Å². The minimum atomic E-state index is 0.160. The molecular formula is C18H22N2. The van der Waals surface area contributed by atoms with Gasteiger partial charge in [0, 0.05) is 18.1 Å². The maximum atomic E-state index is 6.24. The lowest BCUT2D eigenvalue weighted by Crippen LogP contribution is -2.24. The van der Waals surface area contributed by atoms with Gasteiger partial charge in [-0.3, -0.25) is 0 Å². The molecule has 0 radical (unpaired) electrons. The number of fused-ring (bicyclic) bond motifs is 1. The van der Waals surface area contributed by atoms with Gasteiger partial charge in [-0.15, -0.1) is 0 Å². The van der Waals surface area contributed by atoms with E-state index >= 15 is 0 Å². The van der Waals surface area contributed by atoms with Crippen molar-refractivity contribution < 1.29 is 0 Å². The summed E-state index contributed by atoms with van der Waals surface area (Å²) in [4.78, 5) is 0. The van der Waals surface area contributed by atoms with E-state index in [0.29, 0.717) is 12.1 Å². The smallest absolute Gasteiger partial charge is 0.0347 e. The van der Waals surface area contributed by atoms with Gasteiger partial charge in [-0.1, -0.05) is 48.5 Å². The van der Waals surface area contributed by atoms with Crippen molar-refractivity contribution in [1.82, 2.24) is 5.32 Å². The van der Waals surface area contributed by atoms with Gasteiger partial charge < -0.3 is 11.1 Å². The molecule has 3 N–H and O–H groups in total. The fraction of sp³-hybridized carbons (Fsp3) is 0.333. The van der Waals surface area contributed by atoms with Gasteiger partial charge in [-0.05, 0) is 42.5 Å². The van der Waals surface area contributed by atoms with Crippen LogP contribution in [0, 0.1) is 6.92 Å². The van der Waals surface area contributed by atoms with E-state index in [4.69, 9.17) is 5.73 Å². The topological polar surface area (TPSA) is 38.0 Å². The molecule has 0 aliphatic heterocycles. The Morgan fingerprint density at radius 1 is 1.05 bits per heavy atom. The van der Waals surface area contributed by atoms with E-state index in [1.165, 1.54) is 22.3 Å². The fourth-order valence-corrected chi connectivity index (χ4v) is 3.30. The van der Waals surface area contributed by atoms with Gasteiger partial charge in [0.2, 0.25) is 0 Å². The normalized spacial score (nSPS) is 22.6. The van der Waals surface area contributed by atoms with Crippen molar-refractivity contribution in [2.24, 2.45) is 5.73 Å². The first-order chi connectivity index (χ1) is 9.66. The molecule has 0 bridgehead atoms. The Bertz CT molecular complexity index is 606. The zero-order valence-corrected chi connectivity index (χ0v) is 12.1. The molecule has 1 aliphatic carbocycles. The van der Waals surface area contributed by atoms with Crippen molar-refractivity contribution in [2.45, 2.75) is 38.4 Å². The van der Waals surface area contributed by atoms with E-state index in [1.807, 2.05) is 0 Å². The quantitative estimate of drug-likeness (QED) is 0.887. The van der Waals surface area contributed by atoms with Crippen LogP contribution in [0.15, 0.2) is 48.5 Å². The molecule has 0 saturated heterocycles. The molecule has 0 spiro atoms. The van der Waals surface area contributed by atoms with Gasteiger partial charge in [0.1, 0.15) is 0 Å². The predicted molar refractivity (Wildman–Crippen MR) is 83.5 cm³/mol. The highest BCUT2D eigenvalue weighted by Gasteiger charge is 2.29. The summed E-state index contributed by atoms with van der Waals surface area (Å²) in [6, 6.07) is 17.9. The van der Waals surface area contributed by atoms with Crippen LogP contribution in [0.5, 0.6) is 0 Å². The van der Waals surface area contributed by atoms with E-state index in [0.717, 1.165) is 6.42 Å². The van der Waals surface area contributed by atoms with Gasteiger partial charge in [0.25, 0.3) is 0 Å². The molecule has 1 aliphatic rings. The highest BCUT2D eigenvalue weighted by Crippen LogP contribution is 2.38. The molecule has 20 heavy (non-hydrogen) atoms. The second-order valence-corrected chi connectivity index (χ2v) is 5.77. The number of nitrogens with two attached hydrogens (primary N) is 1. The van der Waals surface area contributed by atoms with E-state index in [-0.39, 0.29) is 6.04 Å². The first-order valence-corrected chi connectivity index (χ1v) is 7.33. The van der Waals surface area contributed by atoms with Gasteiger partial charge in [-0.2, -0.15) is 0 Å². The van der Waals surface area contributed by atoms with E-state index in [9.17, 15) is 0 Å². The summed E-state index contributed by atoms with van der Waals surface area (Å²) in [5.74, 6) is 0. The van der Waals surface area contributed by atoms with Crippen molar-refractivity contribution in [3.05, 3.63) is 70.8 Å². The molecule has 3 atom stereocenters.